The Kier molecular flexibility index (Phi) is 4.31. The summed E-state index contributed by atoms with van der Waals surface area (Å²) in [5.74, 6) is 0.0172. The standard InChI is InChI=1S/C16H18N2O2S/c1-12-9-15(17-21-12)16(19)18-7-8-20-11-14(18)10-13-5-3-2-4-6-13/h2-6,9,14H,7-8,10-11H2,1H3/t14-/m0/s1. The Balaban J connectivity index is 1.76. The van der Waals surface area contributed by atoms with Gasteiger partial charge in [-0.3, -0.25) is 4.79 Å². The maximum atomic E-state index is 12.6. The van der Waals surface area contributed by atoms with Crippen LogP contribution in [0.25, 0.3) is 0 Å². The van der Waals surface area contributed by atoms with Crippen molar-refractivity contribution in [3.63, 3.8) is 0 Å². The van der Waals surface area contributed by atoms with Gasteiger partial charge in [0.25, 0.3) is 5.91 Å². The fourth-order valence-electron chi connectivity index (χ4n) is 2.59. The van der Waals surface area contributed by atoms with Crippen molar-refractivity contribution in [2.24, 2.45) is 0 Å². The minimum Gasteiger partial charge on any atom is -0.377 e. The first-order valence-corrected chi connectivity index (χ1v) is 7.87. The van der Waals surface area contributed by atoms with Gasteiger partial charge >= 0.3 is 0 Å². The molecule has 1 atom stereocenters. The largest absolute Gasteiger partial charge is 0.377 e. The molecule has 0 aliphatic carbocycles. The highest BCUT2D eigenvalue weighted by Gasteiger charge is 2.29. The predicted octanol–water partition coefficient (Wildman–Crippen LogP) is 2.54. The molecule has 2 aromatic rings. The fraction of sp³-hybridized carbons (Fsp3) is 0.375. The topological polar surface area (TPSA) is 42.4 Å². The number of ether oxygens (including phenoxy) is 1. The number of aromatic nitrogens is 1. The Morgan fingerprint density at radius 3 is 2.95 bits per heavy atom. The monoisotopic (exact) mass is 302 g/mol. The molecule has 3 rings (SSSR count). The van der Waals surface area contributed by atoms with E-state index < -0.39 is 0 Å². The molecule has 1 aliphatic rings. The second-order valence-electron chi connectivity index (χ2n) is 5.24. The van der Waals surface area contributed by atoms with Crippen molar-refractivity contribution in [3.05, 3.63) is 52.5 Å². The number of hydrogen-bond acceptors (Lipinski definition) is 4. The van der Waals surface area contributed by atoms with Gasteiger partial charge in [0.05, 0.1) is 19.3 Å². The Bertz CT molecular complexity index is 612. The van der Waals surface area contributed by atoms with Crippen LogP contribution < -0.4 is 0 Å². The van der Waals surface area contributed by atoms with Crippen molar-refractivity contribution in [3.8, 4) is 0 Å². The summed E-state index contributed by atoms with van der Waals surface area (Å²) in [4.78, 5) is 15.6. The second kappa shape index (κ2) is 6.37. The van der Waals surface area contributed by atoms with Crippen LogP contribution in [0.4, 0.5) is 0 Å². The summed E-state index contributed by atoms with van der Waals surface area (Å²) in [6.45, 7) is 3.78. The average Bonchev–Trinajstić information content (AvgIpc) is 2.95. The van der Waals surface area contributed by atoms with E-state index in [2.05, 4.69) is 16.5 Å². The molecule has 0 spiro atoms. The molecule has 1 saturated heterocycles. The van der Waals surface area contributed by atoms with Crippen molar-refractivity contribution in [2.75, 3.05) is 19.8 Å². The molecule has 110 valence electrons. The number of rotatable bonds is 3. The number of carbonyl (C=O) groups is 1. The van der Waals surface area contributed by atoms with E-state index in [1.165, 1.54) is 17.1 Å². The lowest BCUT2D eigenvalue weighted by molar-refractivity contribution is -0.00188. The zero-order valence-corrected chi connectivity index (χ0v) is 12.8. The first-order valence-electron chi connectivity index (χ1n) is 7.10. The van der Waals surface area contributed by atoms with Crippen LogP contribution in [0.15, 0.2) is 36.4 Å². The Morgan fingerprint density at radius 2 is 2.24 bits per heavy atom. The van der Waals surface area contributed by atoms with Crippen LogP contribution in [-0.2, 0) is 11.2 Å². The van der Waals surface area contributed by atoms with Gasteiger partial charge in [0, 0.05) is 11.4 Å². The molecule has 0 bridgehead atoms. The molecule has 1 amide bonds. The third kappa shape index (κ3) is 3.31. The smallest absolute Gasteiger partial charge is 0.273 e. The summed E-state index contributed by atoms with van der Waals surface area (Å²) in [5, 5.41) is 0. The highest BCUT2D eigenvalue weighted by molar-refractivity contribution is 7.05. The van der Waals surface area contributed by atoms with E-state index in [1.54, 1.807) is 0 Å². The van der Waals surface area contributed by atoms with E-state index in [0.29, 0.717) is 25.5 Å². The van der Waals surface area contributed by atoms with Gasteiger partial charge in [-0.2, -0.15) is 4.37 Å². The average molecular weight is 302 g/mol. The van der Waals surface area contributed by atoms with Crippen molar-refractivity contribution < 1.29 is 9.53 Å². The normalized spacial score (nSPS) is 18.7. The lowest BCUT2D eigenvalue weighted by atomic mass is 10.0. The SMILES string of the molecule is Cc1cc(C(=O)N2CCOC[C@@H]2Cc2ccccc2)ns1. The number of carbonyl (C=O) groups excluding carboxylic acids is 1. The first kappa shape index (κ1) is 14.2. The van der Waals surface area contributed by atoms with Gasteiger partial charge in [-0.15, -0.1) is 0 Å². The van der Waals surface area contributed by atoms with E-state index >= 15 is 0 Å². The summed E-state index contributed by atoms with van der Waals surface area (Å²) >= 11 is 1.37. The highest BCUT2D eigenvalue weighted by Crippen LogP contribution is 2.18. The number of nitrogens with zero attached hydrogens (tertiary/aromatic N) is 2. The van der Waals surface area contributed by atoms with Gasteiger partial charge in [-0.25, -0.2) is 0 Å². The number of hydrogen-bond donors (Lipinski definition) is 0. The highest BCUT2D eigenvalue weighted by atomic mass is 32.1. The number of morpholine rings is 1. The molecule has 1 fully saturated rings. The van der Waals surface area contributed by atoms with E-state index in [4.69, 9.17) is 4.74 Å². The van der Waals surface area contributed by atoms with Gasteiger partial charge in [0.2, 0.25) is 0 Å². The number of benzene rings is 1. The first-order chi connectivity index (χ1) is 10.2. The van der Waals surface area contributed by atoms with E-state index in [0.717, 1.165) is 11.3 Å². The van der Waals surface area contributed by atoms with Gasteiger partial charge in [0.15, 0.2) is 0 Å². The van der Waals surface area contributed by atoms with Crippen LogP contribution in [0, 0.1) is 6.92 Å². The molecule has 1 aliphatic heterocycles. The van der Waals surface area contributed by atoms with Crippen LogP contribution in [0.1, 0.15) is 20.9 Å². The Morgan fingerprint density at radius 1 is 1.43 bits per heavy atom. The fourth-order valence-corrected chi connectivity index (χ4v) is 3.13. The summed E-state index contributed by atoms with van der Waals surface area (Å²) in [7, 11) is 0. The van der Waals surface area contributed by atoms with Crippen LogP contribution in [0.5, 0.6) is 0 Å². The van der Waals surface area contributed by atoms with Gasteiger partial charge in [-0.05, 0) is 36.5 Å². The van der Waals surface area contributed by atoms with Crippen LogP contribution in [0.2, 0.25) is 0 Å². The number of amides is 1. The molecule has 5 heteroatoms. The zero-order chi connectivity index (χ0) is 14.7. The molecule has 1 aromatic heterocycles. The molecule has 2 heterocycles. The van der Waals surface area contributed by atoms with Crippen LogP contribution in [-0.4, -0.2) is 41.0 Å². The zero-order valence-electron chi connectivity index (χ0n) is 12.0. The second-order valence-corrected chi connectivity index (χ2v) is 6.25. The minimum atomic E-state index is 0.0172. The predicted molar refractivity (Wildman–Crippen MR) is 82.6 cm³/mol. The number of aryl methyl sites for hydroxylation is 1. The minimum absolute atomic E-state index is 0.0172. The van der Waals surface area contributed by atoms with Crippen LogP contribution >= 0.6 is 11.5 Å². The van der Waals surface area contributed by atoms with E-state index in [9.17, 15) is 4.79 Å². The molecular formula is C16H18N2O2S. The van der Waals surface area contributed by atoms with E-state index in [1.807, 2.05) is 36.1 Å². The molecule has 1 aromatic carbocycles. The lowest BCUT2D eigenvalue weighted by Crippen LogP contribution is -2.49. The lowest BCUT2D eigenvalue weighted by Gasteiger charge is -2.35. The van der Waals surface area contributed by atoms with Gasteiger partial charge < -0.3 is 9.64 Å². The summed E-state index contributed by atoms with van der Waals surface area (Å²) in [6.07, 6.45) is 0.815. The molecular weight excluding hydrogens is 284 g/mol. The molecule has 21 heavy (non-hydrogen) atoms. The summed E-state index contributed by atoms with van der Waals surface area (Å²) in [5.41, 5.74) is 1.78. The third-order valence-electron chi connectivity index (χ3n) is 3.65. The van der Waals surface area contributed by atoms with E-state index in [-0.39, 0.29) is 11.9 Å². The molecule has 0 N–H and O–H groups in total. The summed E-state index contributed by atoms with van der Waals surface area (Å²) < 4.78 is 9.81. The molecule has 0 saturated carbocycles. The van der Waals surface area contributed by atoms with Crippen molar-refractivity contribution in [1.82, 2.24) is 9.27 Å². The van der Waals surface area contributed by atoms with Crippen molar-refractivity contribution >= 4 is 17.4 Å². The quantitative estimate of drug-likeness (QED) is 0.875. The van der Waals surface area contributed by atoms with Gasteiger partial charge in [0.1, 0.15) is 5.69 Å². The maximum Gasteiger partial charge on any atom is 0.273 e. The van der Waals surface area contributed by atoms with Gasteiger partial charge in [-0.1, -0.05) is 30.3 Å². The molecule has 0 radical (unpaired) electrons. The molecule has 0 unspecified atom stereocenters. The van der Waals surface area contributed by atoms with Crippen LogP contribution in [0.3, 0.4) is 0 Å². The Hall–Kier alpha value is -1.72. The van der Waals surface area contributed by atoms with Crippen molar-refractivity contribution in [2.45, 2.75) is 19.4 Å². The maximum absolute atomic E-state index is 12.6. The molecule has 4 nitrogen and oxygen atoms in total. The summed E-state index contributed by atoms with van der Waals surface area (Å²) in [6, 6.07) is 12.2. The third-order valence-corrected chi connectivity index (χ3v) is 4.34. The van der Waals surface area contributed by atoms with Crippen molar-refractivity contribution in [1.29, 1.82) is 0 Å². The Labute approximate surface area is 128 Å².